The maximum Gasteiger partial charge on any atom is 0.422 e. The molecule has 9 heteroatoms. The van der Waals surface area contributed by atoms with Crippen LogP contribution >= 0.6 is 0 Å². The highest BCUT2D eigenvalue weighted by Crippen LogP contribution is 2.30. The van der Waals surface area contributed by atoms with E-state index in [0.717, 1.165) is 0 Å². The van der Waals surface area contributed by atoms with Crippen LogP contribution in [0.5, 0.6) is 5.75 Å². The van der Waals surface area contributed by atoms with Crippen LogP contribution in [0.1, 0.15) is 32.0 Å². The van der Waals surface area contributed by atoms with Crippen LogP contribution in [-0.2, 0) is 11.3 Å². The standard InChI is InChI=1S/C22H18F3NO5/c1-14-10-19(31-13-22(23,24)25)17(21(28)30-12-16-8-5-9-29-16)11-18(14)26-20(27)15-6-3-2-4-7-15/h2-11H,12-13H2,1H3,(H,26,27). The average molecular weight is 433 g/mol. The highest BCUT2D eigenvalue weighted by Gasteiger charge is 2.30. The van der Waals surface area contributed by atoms with E-state index in [4.69, 9.17) is 13.9 Å². The van der Waals surface area contributed by atoms with Gasteiger partial charge in [0.15, 0.2) is 6.61 Å². The van der Waals surface area contributed by atoms with Gasteiger partial charge in [-0.25, -0.2) is 4.79 Å². The number of carbonyl (C=O) groups excluding carboxylic acids is 2. The van der Waals surface area contributed by atoms with Crippen LogP contribution in [-0.4, -0.2) is 24.7 Å². The Morgan fingerprint density at radius 1 is 1.06 bits per heavy atom. The van der Waals surface area contributed by atoms with Gasteiger partial charge in [-0.15, -0.1) is 0 Å². The predicted molar refractivity (Wildman–Crippen MR) is 105 cm³/mol. The molecule has 2 aromatic carbocycles. The summed E-state index contributed by atoms with van der Waals surface area (Å²) in [5, 5.41) is 2.65. The molecule has 0 aliphatic rings. The zero-order valence-electron chi connectivity index (χ0n) is 16.4. The molecule has 0 saturated heterocycles. The molecule has 0 aliphatic carbocycles. The number of anilines is 1. The van der Waals surface area contributed by atoms with Gasteiger partial charge in [-0.2, -0.15) is 13.2 Å². The normalized spacial score (nSPS) is 11.1. The minimum atomic E-state index is -4.59. The maximum absolute atomic E-state index is 12.6. The van der Waals surface area contributed by atoms with E-state index in [-0.39, 0.29) is 23.6 Å². The molecular formula is C22H18F3NO5. The van der Waals surface area contributed by atoms with Crippen molar-refractivity contribution in [2.75, 3.05) is 11.9 Å². The lowest BCUT2D eigenvalue weighted by Crippen LogP contribution is -2.21. The number of halogens is 3. The number of esters is 1. The second-order valence-corrected chi connectivity index (χ2v) is 6.54. The molecule has 31 heavy (non-hydrogen) atoms. The number of alkyl halides is 3. The molecule has 3 aromatic rings. The molecule has 0 saturated carbocycles. The summed E-state index contributed by atoms with van der Waals surface area (Å²) in [4.78, 5) is 25.0. The van der Waals surface area contributed by atoms with Gasteiger partial charge in [-0.3, -0.25) is 4.79 Å². The first kappa shape index (κ1) is 21.9. The summed E-state index contributed by atoms with van der Waals surface area (Å²) in [6.45, 7) is -0.232. The summed E-state index contributed by atoms with van der Waals surface area (Å²) < 4.78 is 52.9. The van der Waals surface area contributed by atoms with Gasteiger partial charge in [0.05, 0.1) is 6.26 Å². The number of carbonyl (C=O) groups is 2. The van der Waals surface area contributed by atoms with Crippen LogP contribution in [0, 0.1) is 6.92 Å². The Kier molecular flexibility index (Phi) is 6.64. The Balaban J connectivity index is 1.87. The fraction of sp³-hybridized carbons (Fsp3) is 0.182. The van der Waals surface area contributed by atoms with E-state index in [1.54, 1.807) is 49.4 Å². The summed E-state index contributed by atoms with van der Waals surface area (Å²) >= 11 is 0. The molecule has 0 bridgehead atoms. The topological polar surface area (TPSA) is 77.8 Å². The largest absolute Gasteiger partial charge is 0.483 e. The van der Waals surface area contributed by atoms with Crippen LogP contribution in [0.4, 0.5) is 18.9 Å². The molecule has 1 aromatic heterocycles. The van der Waals surface area contributed by atoms with Gasteiger partial charge in [0.1, 0.15) is 23.7 Å². The number of ether oxygens (including phenoxy) is 2. The lowest BCUT2D eigenvalue weighted by molar-refractivity contribution is -0.153. The van der Waals surface area contributed by atoms with Crippen molar-refractivity contribution in [2.45, 2.75) is 19.7 Å². The van der Waals surface area contributed by atoms with E-state index in [2.05, 4.69) is 5.32 Å². The Hall–Kier alpha value is -3.75. The van der Waals surface area contributed by atoms with Gasteiger partial charge in [0.25, 0.3) is 5.91 Å². The van der Waals surface area contributed by atoms with Crippen molar-refractivity contribution in [3.8, 4) is 5.75 Å². The van der Waals surface area contributed by atoms with E-state index in [0.29, 0.717) is 16.9 Å². The monoisotopic (exact) mass is 433 g/mol. The highest BCUT2D eigenvalue weighted by atomic mass is 19.4. The third kappa shape index (κ3) is 6.11. The Labute approximate surface area is 175 Å². The molecule has 1 heterocycles. The van der Waals surface area contributed by atoms with E-state index in [1.165, 1.54) is 18.4 Å². The number of nitrogens with one attached hydrogen (secondary N) is 1. The molecule has 162 valence electrons. The third-order valence-electron chi connectivity index (χ3n) is 4.15. The summed E-state index contributed by atoms with van der Waals surface area (Å²) in [5.41, 5.74) is 0.758. The van der Waals surface area contributed by atoms with Gasteiger partial charge in [-0.05, 0) is 48.9 Å². The van der Waals surface area contributed by atoms with Gasteiger partial charge in [0, 0.05) is 11.3 Å². The van der Waals surface area contributed by atoms with Crippen molar-refractivity contribution in [1.29, 1.82) is 0 Å². The Morgan fingerprint density at radius 2 is 1.81 bits per heavy atom. The predicted octanol–water partition coefficient (Wildman–Crippen LogP) is 5.14. The quantitative estimate of drug-likeness (QED) is 0.522. The number of rotatable bonds is 7. The number of furan rings is 1. The van der Waals surface area contributed by atoms with Gasteiger partial charge in [0.2, 0.25) is 0 Å². The van der Waals surface area contributed by atoms with E-state index >= 15 is 0 Å². The van der Waals surface area contributed by atoms with E-state index in [1.807, 2.05) is 0 Å². The molecule has 3 rings (SSSR count). The van der Waals surface area contributed by atoms with Crippen LogP contribution in [0.15, 0.2) is 65.3 Å². The molecule has 1 amide bonds. The van der Waals surface area contributed by atoms with Crippen LogP contribution in [0.3, 0.4) is 0 Å². The van der Waals surface area contributed by atoms with Crippen LogP contribution in [0.25, 0.3) is 0 Å². The van der Waals surface area contributed by atoms with Gasteiger partial charge >= 0.3 is 12.1 Å². The molecular weight excluding hydrogens is 415 g/mol. The Bertz CT molecular complexity index is 1050. The minimum Gasteiger partial charge on any atom is -0.483 e. The van der Waals surface area contributed by atoms with Crippen molar-refractivity contribution in [2.24, 2.45) is 0 Å². The number of benzene rings is 2. The van der Waals surface area contributed by atoms with E-state index < -0.39 is 24.7 Å². The zero-order chi connectivity index (χ0) is 22.4. The first-order valence-corrected chi connectivity index (χ1v) is 9.13. The van der Waals surface area contributed by atoms with Crippen molar-refractivity contribution < 1.29 is 36.7 Å². The second-order valence-electron chi connectivity index (χ2n) is 6.54. The molecule has 0 radical (unpaired) electrons. The lowest BCUT2D eigenvalue weighted by atomic mass is 10.1. The molecule has 0 spiro atoms. The fourth-order valence-electron chi connectivity index (χ4n) is 2.65. The second kappa shape index (κ2) is 9.38. The number of hydrogen-bond donors (Lipinski definition) is 1. The molecule has 6 nitrogen and oxygen atoms in total. The van der Waals surface area contributed by atoms with Gasteiger partial charge in [-0.1, -0.05) is 18.2 Å². The highest BCUT2D eigenvalue weighted by molar-refractivity contribution is 6.05. The van der Waals surface area contributed by atoms with Gasteiger partial charge < -0.3 is 19.2 Å². The first-order valence-electron chi connectivity index (χ1n) is 9.13. The molecule has 0 aliphatic heterocycles. The zero-order valence-corrected chi connectivity index (χ0v) is 16.4. The number of aryl methyl sites for hydroxylation is 1. The summed E-state index contributed by atoms with van der Waals surface area (Å²) in [6, 6.07) is 14.0. The number of hydrogen-bond acceptors (Lipinski definition) is 5. The minimum absolute atomic E-state index is 0.218. The van der Waals surface area contributed by atoms with Crippen LogP contribution < -0.4 is 10.1 Å². The first-order chi connectivity index (χ1) is 14.7. The smallest absolute Gasteiger partial charge is 0.422 e. The van der Waals surface area contributed by atoms with E-state index in [9.17, 15) is 22.8 Å². The summed E-state index contributed by atoms with van der Waals surface area (Å²) in [7, 11) is 0. The van der Waals surface area contributed by atoms with Crippen molar-refractivity contribution in [3.05, 3.63) is 83.3 Å². The summed E-state index contributed by atoms with van der Waals surface area (Å²) in [6.07, 6.45) is -3.20. The van der Waals surface area contributed by atoms with Crippen molar-refractivity contribution in [1.82, 2.24) is 0 Å². The molecule has 0 unspecified atom stereocenters. The Morgan fingerprint density at radius 3 is 2.45 bits per heavy atom. The average Bonchev–Trinajstić information content (AvgIpc) is 3.25. The van der Waals surface area contributed by atoms with Crippen molar-refractivity contribution in [3.63, 3.8) is 0 Å². The maximum atomic E-state index is 12.6. The lowest BCUT2D eigenvalue weighted by Gasteiger charge is -2.16. The molecule has 1 N–H and O–H groups in total. The third-order valence-corrected chi connectivity index (χ3v) is 4.15. The van der Waals surface area contributed by atoms with Crippen molar-refractivity contribution >= 4 is 17.6 Å². The SMILES string of the molecule is Cc1cc(OCC(F)(F)F)c(C(=O)OCc2ccco2)cc1NC(=O)c1ccccc1. The van der Waals surface area contributed by atoms with Crippen LogP contribution in [0.2, 0.25) is 0 Å². The summed E-state index contributed by atoms with van der Waals surface area (Å²) in [5.74, 6) is -1.32. The molecule has 0 fully saturated rings. The fourth-order valence-corrected chi connectivity index (χ4v) is 2.65. The number of amides is 1. The molecule has 0 atom stereocenters.